The van der Waals surface area contributed by atoms with Crippen LogP contribution in [0.3, 0.4) is 0 Å². The summed E-state index contributed by atoms with van der Waals surface area (Å²) in [6.07, 6.45) is 0. The van der Waals surface area contributed by atoms with Gasteiger partial charge in [0, 0.05) is 23.8 Å². The van der Waals surface area contributed by atoms with Crippen molar-refractivity contribution in [2.75, 3.05) is 0 Å². The number of hydrogen-bond donors (Lipinski definition) is 1. The van der Waals surface area contributed by atoms with Crippen molar-refractivity contribution in [2.24, 2.45) is 0 Å². The number of benzene rings is 4. The topological polar surface area (TPSA) is 89.7 Å². The third kappa shape index (κ3) is 4.43. The number of aromatic hydroxyl groups is 1. The van der Waals surface area contributed by atoms with Crippen LogP contribution in [0.1, 0.15) is 15.9 Å². The molecule has 0 fully saturated rings. The van der Waals surface area contributed by atoms with E-state index in [0.717, 1.165) is 11.1 Å². The Morgan fingerprint density at radius 1 is 0.774 bits per heavy atom. The molecule has 4 aromatic carbocycles. The number of rotatable bonds is 6. The van der Waals surface area contributed by atoms with Gasteiger partial charge in [-0.1, -0.05) is 54.6 Å². The molecule has 31 heavy (non-hydrogen) atoms. The second kappa shape index (κ2) is 8.51. The summed E-state index contributed by atoms with van der Waals surface area (Å²) in [5.74, 6) is 0.165. The molecular formula is C25H17NO5. The third-order valence-corrected chi connectivity index (χ3v) is 4.75. The first-order chi connectivity index (χ1) is 15.0. The first-order valence-corrected chi connectivity index (χ1v) is 9.47. The van der Waals surface area contributed by atoms with E-state index < -0.39 is 4.92 Å². The maximum absolute atomic E-state index is 12.8. The number of ketones is 1. The fourth-order valence-electron chi connectivity index (χ4n) is 3.14. The maximum Gasteiger partial charge on any atom is 0.269 e. The molecule has 0 saturated carbocycles. The molecule has 152 valence electrons. The fraction of sp³-hybridized carbons (Fsp3) is 0. The van der Waals surface area contributed by atoms with Crippen LogP contribution in [0, 0.1) is 10.1 Å². The van der Waals surface area contributed by atoms with Gasteiger partial charge in [-0.15, -0.1) is 0 Å². The molecule has 0 atom stereocenters. The Kier molecular flexibility index (Phi) is 5.45. The number of carbonyl (C=O) groups is 1. The van der Waals surface area contributed by atoms with Crippen molar-refractivity contribution in [3.63, 3.8) is 0 Å². The molecule has 4 rings (SSSR count). The van der Waals surface area contributed by atoms with E-state index in [4.69, 9.17) is 4.74 Å². The van der Waals surface area contributed by atoms with E-state index in [0.29, 0.717) is 17.1 Å². The molecule has 6 heteroatoms. The van der Waals surface area contributed by atoms with Crippen molar-refractivity contribution in [3.05, 3.63) is 118 Å². The van der Waals surface area contributed by atoms with Crippen LogP contribution in [-0.2, 0) is 0 Å². The molecule has 4 aromatic rings. The maximum atomic E-state index is 12.8. The summed E-state index contributed by atoms with van der Waals surface area (Å²) in [5.41, 5.74) is 2.61. The standard InChI is InChI=1S/C25H17NO5/c27-24-16-22(31-21-12-10-20(11-13-21)26(29)30)14-15-23(24)25(28)19-8-6-18(7-9-19)17-4-2-1-3-5-17/h1-16,27H. The highest BCUT2D eigenvalue weighted by Gasteiger charge is 2.15. The number of carbonyl (C=O) groups excluding carboxylic acids is 1. The number of nitro groups is 1. The number of non-ortho nitro benzene ring substituents is 1. The molecular weight excluding hydrogens is 394 g/mol. The zero-order valence-corrected chi connectivity index (χ0v) is 16.3. The highest BCUT2D eigenvalue weighted by molar-refractivity contribution is 6.10. The van der Waals surface area contributed by atoms with Gasteiger partial charge < -0.3 is 9.84 Å². The summed E-state index contributed by atoms with van der Waals surface area (Å²) in [5, 5.41) is 21.1. The van der Waals surface area contributed by atoms with E-state index in [-0.39, 0.29) is 22.8 Å². The van der Waals surface area contributed by atoms with Gasteiger partial charge in [-0.2, -0.15) is 0 Å². The largest absolute Gasteiger partial charge is 0.507 e. The summed E-state index contributed by atoms with van der Waals surface area (Å²) in [7, 11) is 0. The Morgan fingerprint density at radius 3 is 2.00 bits per heavy atom. The summed E-state index contributed by atoms with van der Waals surface area (Å²) >= 11 is 0. The van der Waals surface area contributed by atoms with Gasteiger partial charge in [-0.25, -0.2) is 0 Å². The molecule has 0 aliphatic heterocycles. The summed E-state index contributed by atoms with van der Waals surface area (Å²) in [6, 6.07) is 27.0. The first-order valence-electron chi connectivity index (χ1n) is 9.47. The Labute approximate surface area is 178 Å². The van der Waals surface area contributed by atoms with Crippen molar-refractivity contribution in [3.8, 4) is 28.4 Å². The number of phenolic OH excluding ortho intramolecular Hbond substituents is 1. The second-order valence-electron chi connectivity index (χ2n) is 6.80. The van der Waals surface area contributed by atoms with Crippen LogP contribution in [0.5, 0.6) is 17.2 Å². The van der Waals surface area contributed by atoms with Crippen molar-refractivity contribution < 1.29 is 19.6 Å². The molecule has 0 spiro atoms. The minimum absolute atomic E-state index is 0.0468. The molecule has 0 aromatic heterocycles. The van der Waals surface area contributed by atoms with Crippen LogP contribution < -0.4 is 4.74 Å². The molecule has 1 N–H and O–H groups in total. The van der Waals surface area contributed by atoms with E-state index >= 15 is 0 Å². The van der Waals surface area contributed by atoms with Gasteiger partial charge in [0.15, 0.2) is 5.78 Å². The molecule has 0 heterocycles. The zero-order valence-electron chi connectivity index (χ0n) is 16.3. The normalized spacial score (nSPS) is 10.5. The van der Waals surface area contributed by atoms with Crippen LogP contribution in [0.25, 0.3) is 11.1 Å². The number of ether oxygens (including phenoxy) is 1. The summed E-state index contributed by atoms with van der Waals surface area (Å²) in [4.78, 5) is 23.0. The van der Waals surface area contributed by atoms with Crippen LogP contribution in [0.4, 0.5) is 5.69 Å². The van der Waals surface area contributed by atoms with Gasteiger partial charge in [0.25, 0.3) is 5.69 Å². The Morgan fingerprint density at radius 2 is 1.39 bits per heavy atom. The lowest BCUT2D eigenvalue weighted by Gasteiger charge is -2.09. The lowest BCUT2D eigenvalue weighted by molar-refractivity contribution is -0.384. The molecule has 0 unspecified atom stereocenters. The van der Waals surface area contributed by atoms with E-state index in [9.17, 15) is 20.0 Å². The molecule has 0 saturated heterocycles. The highest BCUT2D eigenvalue weighted by atomic mass is 16.6. The quantitative estimate of drug-likeness (QED) is 0.239. The van der Waals surface area contributed by atoms with E-state index in [2.05, 4.69) is 0 Å². The first kappa shape index (κ1) is 19.8. The lowest BCUT2D eigenvalue weighted by atomic mass is 9.99. The Bertz CT molecular complexity index is 1230. The van der Waals surface area contributed by atoms with Gasteiger partial charge in [0.05, 0.1) is 10.5 Å². The van der Waals surface area contributed by atoms with E-state index in [1.807, 2.05) is 42.5 Å². The predicted octanol–water partition coefficient (Wildman–Crippen LogP) is 5.99. The average Bonchev–Trinajstić information content (AvgIpc) is 2.80. The lowest BCUT2D eigenvalue weighted by Crippen LogP contribution is -2.01. The molecule has 0 amide bonds. The van der Waals surface area contributed by atoms with Crippen LogP contribution in [0.2, 0.25) is 0 Å². The van der Waals surface area contributed by atoms with E-state index in [1.165, 1.54) is 36.4 Å². The fourth-order valence-corrected chi connectivity index (χ4v) is 3.14. The van der Waals surface area contributed by atoms with Gasteiger partial charge >= 0.3 is 0 Å². The number of nitrogens with zero attached hydrogens (tertiary/aromatic N) is 1. The molecule has 0 bridgehead atoms. The average molecular weight is 411 g/mol. The van der Waals surface area contributed by atoms with Crippen molar-refractivity contribution in [1.29, 1.82) is 0 Å². The summed E-state index contributed by atoms with van der Waals surface area (Å²) in [6.45, 7) is 0. The number of nitro benzene ring substituents is 1. The second-order valence-corrected chi connectivity index (χ2v) is 6.80. The molecule has 0 aliphatic carbocycles. The Hall–Kier alpha value is -4.45. The minimum atomic E-state index is -0.498. The van der Waals surface area contributed by atoms with Crippen molar-refractivity contribution >= 4 is 11.5 Å². The van der Waals surface area contributed by atoms with Crippen molar-refractivity contribution in [1.82, 2.24) is 0 Å². The minimum Gasteiger partial charge on any atom is -0.507 e. The van der Waals surface area contributed by atoms with Gasteiger partial charge in [-0.05, 0) is 35.4 Å². The smallest absolute Gasteiger partial charge is 0.269 e. The third-order valence-electron chi connectivity index (χ3n) is 4.75. The van der Waals surface area contributed by atoms with Crippen LogP contribution in [0.15, 0.2) is 97.1 Å². The molecule has 0 aliphatic rings. The van der Waals surface area contributed by atoms with Gasteiger partial charge in [0.1, 0.15) is 17.2 Å². The number of hydrogen-bond acceptors (Lipinski definition) is 5. The van der Waals surface area contributed by atoms with Crippen LogP contribution in [-0.4, -0.2) is 15.8 Å². The Balaban J connectivity index is 1.51. The number of phenols is 1. The van der Waals surface area contributed by atoms with Gasteiger partial charge in [0.2, 0.25) is 0 Å². The SMILES string of the molecule is O=C(c1ccc(-c2ccccc2)cc1)c1ccc(Oc2ccc([N+](=O)[O-])cc2)cc1O. The highest BCUT2D eigenvalue weighted by Crippen LogP contribution is 2.30. The van der Waals surface area contributed by atoms with Crippen molar-refractivity contribution in [2.45, 2.75) is 0 Å². The van der Waals surface area contributed by atoms with E-state index in [1.54, 1.807) is 18.2 Å². The summed E-state index contributed by atoms with van der Waals surface area (Å²) < 4.78 is 5.61. The van der Waals surface area contributed by atoms with Gasteiger partial charge in [-0.3, -0.25) is 14.9 Å². The van der Waals surface area contributed by atoms with Crippen LogP contribution >= 0.6 is 0 Å². The molecule has 6 nitrogen and oxygen atoms in total. The molecule has 0 radical (unpaired) electrons. The predicted molar refractivity (Wildman–Crippen MR) is 117 cm³/mol. The monoisotopic (exact) mass is 411 g/mol. The zero-order chi connectivity index (χ0) is 21.8.